The van der Waals surface area contributed by atoms with E-state index in [9.17, 15) is 10.1 Å². The van der Waals surface area contributed by atoms with Crippen LogP contribution in [0.25, 0.3) is 0 Å². The van der Waals surface area contributed by atoms with Gasteiger partial charge in [-0.15, -0.1) is 0 Å². The van der Waals surface area contributed by atoms with Crippen molar-refractivity contribution in [3.8, 4) is 0 Å². The number of nitrogens with zero attached hydrogens (tertiary/aromatic N) is 2. The summed E-state index contributed by atoms with van der Waals surface area (Å²) in [5.41, 5.74) is 2.89. The molecule has 0 saturated carbocycles. The fourth-order valence-electron chi connectivity index (χ4n) is 3.07. The fraction of sp³-hybridized carbons (Fsp3) is 0.0952. The Hall–Kier alpha value is -3.47. The van der Waals surface area contributed by atoms with Crippen LogP contribution in [0.5, 0.6) is 0 Å². The van der Waals surface area contributed by atoms with Gasteiger partial charge in [-0.05, 0) is 23.3 Å². The monoisotopic (exact) mass is 344 g/mol. The second-order valence-electron chi connectivity index (χ2n) is 6.04. The zero-order valence-electron chi connectivity index (χ0n) is 13.9. The molecule has 0 saturated heterocycles. The quantitative estimate of drug-likeness (QED) is 0.502. The molecule has 0 unspecified atom stereocenters. The van der Waals surface area contributed by atoms with Crippen molar-refractivity contribution >= 4 is 11.6 Å². The highest BCUT2D eigenvalue weighted by Crippen LogP contribution is 2.41. The van der Waals surface area contributed by atoms with Crippen molar-refractivity contribution in [1.29, 1.82) is 0 Å². The summed E-state index contributed by atoms with van der Waals surface area (Å²) >= 11 is 0. The van der Waals surface area contributed by atoms with Crippen LogP contribution in [-0.4, -0.2) is 10.8 Å². The van der Waals surface area contributed by atoms with Crippen molar-refractivity contribution in [2.24, 2.45) is 4.99 Å². The first kappa shape index (κ1) is 16.0. The summed E-state index contributed by atoms with van der Waals surface area (Å²) in [7, 11) is 0. The van der Waals surface area contributed by atoms with Crippen LogP contribution in [-0.2, 0) is 4.74 Å². The SMILES string of the molecule is O=[N+]([O-])c1ccc(C2=N[C@@H](c3ccccc3)[C@@H](c3ccccc3)O2)cc1. The molecule has 3 aromatic carbocycles. The number of aliphatic imine (C=N–C) groups is 1. The minimum Gasteiger partial charge on any atom is -0.467 e. The molecule has 0 amide bonds. The molecule has 0 radical (unpaired) electrons. The van der Waals surface area contributed by atoms with Crippen LogP contribution in [0.1, 0.15) is 28.8 Å². The normalized spacial score (nSPS) is 18.8. The van der Waals surface area contributed by atoms with Gasteiger partial charge in [-0.2, -0.15) is 0 Å². The molecule has 0 aliphatic carbocycles. The maximum absolute atomic E-state index is 10.9. The van der Waals surface area contributed by atoms with Crippen molar-refractivity contribution in [2.45, 2.75) is 12.1 Å². The van der Waals surface area contributed by atoms with Gasteiger partial charge in [0.2, 0.25) is 5.90 Å². The topological polar surface area (TPSA) is 64.7 Å². The van der Waals surface area contributed by atoms with Crippen LogP contribution in [0.4, 0.5) is 5.69 Å². The minimum atomic E-state index is -0.416. The number of non-ortho nitro benzene ring substituents is 1. The third-order valence-corrected chi connectivity index (χ3v) is 4.38. The molecule has 26 heavy (non-hydrogen) atoms. The largest absolute Gasteiger partial charge is 0.467 e. The Labute approximate surface area is 150 Å². The summed E-state index contributed by atoms with van der Waals surface area (Å²) in [5, 5.41) is 10.9. The molecule has 1 aliphatic rings. The summed E-state index contributed by atoms with van der Waals surface area (Å²) in [6.45, 7) is 0. The summed E-state index contributed by atoms with van der Waals surface area (Å²) in [6.07, 6.45) is -0.233. The molecular formula is C21H16N2O3. The summed E-state index contributed by atoms with van der Waals surface area (Å²) in [4.78, 5) is 15.2. The Bertz CT molecular complexity index is 938. The average Bonchev–Trinajstić information content (AvgIpc) is 3.15. The Kier molecular flexibility index (Phi) is 4.19. The number of ether oxygens (including phenoxy) is 1. The van der Waals surface area contributed by atoms with Gasteiger partial charge in [-0.25, -0.2) is 4.99 Å². The standard InChI is InChI=1S/C21H16N2O3/c24-23(25)18-13-11-17(12-14-18)21-22-19(15-7-3-1-4-8-15)20(26-21)16-9-5-2-6-10-16/h1-14,19-20H/t19-,20+/m0/s1. The number of rotatable bonds is 4. The summed E-state index contributed by atoms with van der Waals surface area (Å²) in [6, 6.07) is 26.1. The predicted molar refractivity (Wildman–Crippen MR) is 99.1 cm³/mol. The minimum absolute atomic E-state index is 0.0477. The van der Waals surface area contributed by atoms with Crippen molar-refractivity contribution in [3.05, 3.63) is 112 Å². The lowest BCUT2D eigenvalue weighted by atomic mass is 9.97. The van der Waals surface area contributed by atoms with Crippen LogP contribution in [0.15, 0.2) is 89.9 Å². The second-order valence-corrected chi connectivity index (χ2v) is 6.04. The van der Waals surface area contributed by atoms with E-state index in [-0.39, 0.29) is 17.8 Å². The lowest BCUT2D eigenvalue weighted by Crippen LogP contribution is -2.09. The molecule has 5 nitrogen and oxygen atoms in total. The molecule has 0 fully saturated rings. The van der Waals surface area contributed by atoms with Gasteiger partial charge in [0.25, 0.3) is 5.69 Å². The van der Waals surface area contributed by atoms with E-state index in [0.717, 1.165) is 16.7 Å². The molecule has 2 atom stereocenters. The van der Waals surface area contributed by atoms with Crippen molar-refractivity contribution in [2.75, 3.05) is 0 Å². The van der Waals surface area contributed by atoms with Gasteiger partial charge in [0, 0.05) is 17.7 Å². The predicted octanol–water partition coefficient (Wildman–Crippen LogP) is 4.85. The number of benzene rings is 3. The summed E-state index contributed by atoms with van der Waals surface area (Å²) in [5.74, 6) is 0.502. The highest BCUT2D eigenvalue weighted by atomic mass is 16.6. The Balaban J connectivity index is 1.71. The maximum atomic E-state index is 10.9. The van der Waals surface area contributed by atoms with Gasteiger partial charge < -0.3 is 4.74 Å². The summed E-state index contributed by atoms with van der Waals surface area (Å²) < 4.78 is 6.18. The highest BCUT2D eigenvalue weighted by molar-refractivity contribution is 5.95. The second kappa shape index (κ2) is 6.80. The van der Waals surface area contributed by atoms with Gasteiger partial charge in [-0.3, -0.25) is 10.1 Å². The van der Waals surface area contributed by atoms with Crippen molar-refractivity contribution in [1.82, 2.24) is 0 Å². The van der Waals surface area contributed by atoms with E-state index in [1.165, 1.54) is 12.1 Å². The first-order valence-corrected chi connectivity index (χ1v) is 8.31. The van der Waals surface area contributed by atoms with Crippen molar-refractivity contribution < 1.29 is 9.66 Å². The Morgan fingerprint density at radius 3 is 1.96 bits per heavy atom. The molecule has 3 aromatic rings. The lowest BCUT2D eigenvalue weighted by molar-refractivity contribution is -0.384. The van der Waals surface area contributed by atoms with Gasteiger partial charge in [0.1, 0.15) is 6.04 Å². The van der Waals surface area contributed by atoms with E-state index in [2.05, 4.69) is 0 Å². The molecule has 1 aliphatic heterocycles. The van der Waals surface area contributed by atoms with E-state index in [1.807, 2.05) is 60.7 Å². The number of hydrogen-bond acceptors (Lipinski definition) is 4. The first-order valence-electron chi connectivity index (χ1n) is 8.31. The third-order valence-electron chi connectivity index (χ3n) is 4.38. The average molecular weight is 344 g/mol. The fourth-order valence-corrected chi connectivity index (χ4v) is 3.07. The lowest BCUT2D eigenvalue weighted by Gasteiger charge is -2.18. The number of hydrogen-bond donors (Lipinski definition) is 0. The van der Waals surface area contributed by atoms with Gasteiger partial charge in [0.05, 0.1) is 4.92 Å². The molecule has 4 rings (SSSR count). The molecule has 128 valence electrons. The van der Waals surface area contributed by atoms with Gasteiger partial charge >= 0.3 is 0 Å². The van der Waals surface area contributed by atoms with Crippen LogP contribution in [0, 0.1) is 10.1 Å². The van der Waals surface area contributed by atoms with Crippen molar-refractivity contribution in [3.63, 3.8) is 0 Å². The number of nitro groups is 1. The van der Waals surface area contributed by atoms with Crippen LogP contribution in [0.3, 0.4) is 0 Å². The Morgan fingerprint density at radius 1 is 0.808 bits per heavy atom. The maximum Gasteiger partial charge on any atom is 0.269 e. The first-order chi connectivity index (χ1) is 12.7. The molecule has 0 aromatic heterocycles. The van der Waals surface area contributed by atoms with Gasteiger partial charge in [0.15, 0.2) is 6.10 Å². The van der Waals surface area contributed by atoms with Gasteiger partial charge in [-0.1, -0.05) is 60.7 Å². The molecule has 1 heterocycles. The molecular weight excluding hydrogens is 328 g/mol. The molecule has 5 heteroatoms. The van der Waals surface area contributed by atoms with E-state index < -0.39 is 4.92 Å². The van der Waals surface area contributed by atoms with E-state index >= 15 is 0 Å². The van der Waals surface area contributed by atoms with Crippen LogP contribution < -0.4 is 0 Å². The van der Waals surface area contributed by atoms with E-state index in [4.69, 9.17) is 9.73 Å². The zero-order chi connectivity index (χ0) is 17.9. The van der Waals surface area contributed by atoms with E-state index in [0.29, 0.717) is 5.90 Å². The Morgan fingerprint density at radius 2 is 1.38 bits per heavy atom. The smallest absolute Gasteiger partial charge is 0.269 e. The third kappa shape index (κ3) is 3.07. The molecule has 0 bridgehead atoms. The number of nitro benzene ring substituents is 1. The zero-order valence-corrected chi connectivity index (χ0v) is 13.9. The highest BCUT2D eigenvalue weighted by Gasteiger charge is 2.34. The van der Waals surface area contributed by atoms with Crippen LogP contribution >= 0.6 is 0 Å². The van der Waals surface area contributed by atoms with E-state index in [1.54, 1.807) is 12.1 Å². The molecule has 0 spiro atoms. The van der Waals surface area contributed by atoms with Crippen LogP contribution in [0.2, 0.25) is 0 Å². The molecule has 0 N–H and O–H groups in total.